The maximum Gasteiger partial charge on any atom is 0.508 e. The van der Waals surface area contributed by atoms with E-state index >= 15 is 0 Å². The summed E-state index contributed by atoms with van der Waals surface area (Å²) in [6, 6.07) is 15.5. The van der Waals surface area contributed by atoms with Gasteiger partial charge in [-0.3, -0.25) is 0 Å². The van der Waals surface area contributed by atoms with Crippen LogP contribution in [0.4, 0.5) is 4.79 Å². The van der Waals surface area contributed by atoms with Gasteiger partial charge in [0.05, 0.1) is 18.1 Å². The van der Waals surface area contributed by atoms with Crippen LogP contribution in [-0.4, -0.2) is 51.1 Å². The summed E-state index contributed by atoms with van der Waals surface area (Å²) in [4.78, 5) is 12.1. The third kappa shape index (κ3) is 7.27. The number of hydrogen-bond acceptors (Lipinski definition) is 6. The molecule has 0 spiro atoms. The van der Waals surface area contributed by atoms with Gasteiger partial charge in [-0.25, -0.2) is 13.2 Å². The summed E-state index contributed by atoms with van der Waals surface area (Å²) >= 11 is 3.32. The fraction of sp³-hybridized carbons (Fsp3) is 0.318. The lowest BCUT2D eigenvalue weighted by Crippen LogP contribution is -2.12. The molecule has 2 rings (SSSR count). The van der Waals surface area contributed by atoms with Crippen LogP contribution in [0.5, 0.6) is 0 Å². The molecule has 8 heteroatoms. The van der Waals surface area contributed by atoms with Crippen LogP contribution in [0.1, 0.15) is 24.0 Å². The molecule has 0 fully saturated rings. The normalized spacial score (nSPS) is 12.2. The highest BCUT2D eigenvalue weighted by Crippen LogP contribution is 2.27. The second kappa shape index (κ2) is 11.9. The molecule has 0 heterocycles. The van der Waals surface area contributed by atoms with Gasteiger partial charge in [0.1, 0.15) is 6.61 Å². The van der Waals surface area contributed by atoms with Gasteiger partial charge in [0.2, 0.25) is 0 Å². The van der Waals surface area contributed by atoms with Crippen LogP contribution >= 0.6 is 15.9 Å². The van der Waals surface area contributed by atoms with E-state index in [1.165, 1.54) is 12.1 Å². The van der Waals surface area contributed by atoms with E-state index in [0.717, 1.165) is 30.0 Å². The minimum absolute atomic E-state index is 0.125. The molecule has 0 saturated heterocycles. The molecule has 6 nitrogen and oxygen atoms in total. The largest absolute Gasteiger partial charge is 0.508 e. The number of hydrogen-bond donors (Lipinski definition) is 1. The van der Waals surface area contributed by atoms with Gasteiger partial charge in [0.15, 0.2) is 9.84 Å². The quantitative estimate of drug-likeness (QED) is 0.228. The van der Waals surface area contributed by atoms with Gasteiger partial charge in [-0.15, -0.1) is 0 Å². The number of carbonyl (C=O) groups excluding carboxylic acids is 1. The van der Waals surface area contributed by atoms with Crippen molar-refractivity contribution in [2.45, 2.75) is 17.7 Å². The van der Waals surface area contributed by atoms with E-state index < -0.39 is 16.0 Å². The first-order valence-corrected chi connectivity index (χ1v) is 12.4. The zero-order valence-corrected chi connectivity index (χ0v) is 19.1. The van der Waals surface area contributed by atoms with Crippen molar-refractivity contribution in [3.8, 4) is 0 Å². The monoisotopic (exact) mass is 496 g/mol. The molecule has 1 N–H and O–H groups in total. The number of ether oxygens (including phenoxy) is 2. The van der Waals surface area contributed by atoms with Crippen molar-refractivity contribution < 1.29 is 27.8 Å². The standard InChI is InChI=1S/C22H25BrO6S/c1-30(26,27)19-11-9-18(10-12-19)21(16-29-22(25)28-14-6-5-13-23)20(15-24)17-7-3-2-4-8-17/h2-4,7-12,24H,5-6,13-16H2,1H3/b21-20-. The van der Waals surface area contributed by atoms with Crippen molar-refractivity contribution >= 4 is 43.1 Å². The first-order valence-electron chi connectivity index (χ1n) is 9.41. The van der Waals surface area contributed by atoms with Crippen molar-refractivity contribution in [2.24, 2.45) is 0 Å². The van der Waals surface area contributed by atoms with Crippen LogP contribution in [-0.2, 0) is 19.3 Å². The number of rotatable bonds is 10. The molecular weight excluding hydrogens is 472 g/mol. The molecule has 0 atom stereocenters. The minimum atomic E-state index is -3.34. The summed E-state index contributed by atoms with van der Waals surface area (Å²) < 4.78 is 33.8. The number of unbranched alkanes of at least 4 members (excludes halogenated alkanes) is 1. The summed E-state index contributed by atoms with van der Waals surface area (Å²) in [6.45, 7) is -0.144. The van der Waals surface area contributed by atoms with Crippen LogP contribution in [0.2, 0.25) is 0 Å². The van der Waals surface area contributed by atoms with Crippen molar-refractivity contribution in [3.05, 3.63) is 65.7 Å². The number of carbonyl (C=O) groups is 1. The lowest BCUT2D eigenvalue weighted by Gasteiger charge is -2.16. The SMILES string of the molecule is CS(=O)(=O)c1ccc(/C(COC(=O)OCCCCBr)=C(/CO)c2ccccc2)cc1. The van der Waals surface area contributed by atoms with E-state index in [9.17, 15) is 18.3 Å². The molecule has 0 saturated carbocycles. The third-order valence-corrected chi connectivity index (χ3v) is 6.05. The van der Waals surface area contributed by atoms with Crippen molar-refractivity contribution in [3.63, 3.8) is 0 Å². The average Bonchev–Trinajstić information content (AvgIpc) is 2.74. The van der Waals surface area contributed by atoms with Crippen LogP contribution in [0.25, 0.3) is 11.1 Å². The molecular formula is C22H25BrO6S. The molecule has 0 unspecified atom stereocenters. The molecule has 0 amide bonds. The van der Waals surface area contributed by atoms with Gasteiger partial charge in [-0.05, 0) is 41.7 Å². The van der Waals surface area contributed by atoms with Crippen LogP contribution in [0.15, 0.2) is 59.5 Å². The second-order valence-electron chi connectivity index (χ2n) is 6.56. The summed E-state index contributed by atoms with van der Waals surface area (Å²) in [7, 11) is -3.34. The predicted octanol–water partition coefficient (Wildman–Crippen LogP) is 4.32. The maximum atomic E-state index is 12.0. The smallest absolute Gasteiger partial charge is 0.434 e. The lowest BCUT2D eigenvalue weighted by atomic mass is 9.95. The fourth-order valence-corrected chi connectivity index (χ4v) is 3.80. The van der Waals surface area contributed by atoms with Crippen LogP contribution in [0.3, 0.4) is 0 Å². The summed E-state index contributed by atoms with van der Waals surface area (Å²) in [5.41, 5.74) is 2.56. The highest BCUT2D eigenvalue weighted by Gasteiger charge is 2.16. The van der Waals surface area contributed by atoms with E-state index in [0.29, 0.717) is 16.7 Å². The zero-order chi connectivity index (χ0) is 22.0. The van der Waals surface area contributed by atoms with Crippen LogP contribution in [0, 0.1) is 0 Å². The Kier molecular flexibility index (Phi) is 9.55. The molecule has 2 aromatic rings. The van der Waals surface area contributed by atoms with Gasteiger partial charge in [0, 0.05) is 17.2 Å². The average molecular weight is 497 g/mol. The topological polar surface area (TPSA) is 89.9 Å². The number of halogens is 1. The molecule has 0 radical (unpaired) electrons. The van der Waals surface area contributed by atoms with Crippen molar-refractivity contribution in [2.75, 3.05) is 31.4 Å². The van der Waals surface area contributed by atoms with E-state index in [1.807, 2.05) is 30.3 Å². The molecule has 0 aliphatic rings. The second-order valence-corrected chi connectivity index (χ2v) is 9.37. The Morgan fingerprint density at radius 2 is 1.57 bits per heavy atom. The molecule has 2 aromatic carbocycles. The Morgan fingerprint density at radius 1 is 0.933 bits per heavy atom. The van der Waals surface area contributed by atoms with Gasteiger partial charge in [0.25, 0.3) is 0 Å². The number of alkyl halides is 1. The molecule has 30 heavy (non-hydrogen) atoms. The van der Waals surface area contributed by atoms with Gasteiger partial charge < -0.3 is 14.6 Å². The first kappa shape index (κ1) is 24.1. The minimum Gasteiger partial charge on any atom is -0.434 e. The molecule has 0 aliphatic carbocycles. The molecule has 0 aliphatic heterocycles. The summed E-state index contributed by atoms with van der Waals surface area (Å²) in [5.74, 6) is 0. The highest BCUT2D eigenvalue weighted by atomic mass is 79.9. The lowest BCUT2D eigenvalue weighted by molar-refractivity contribution is 0.0637. The van der Waals surface area contributed by atoms with Gasteiger partial charge >= 0.3 is 6.16 Å². The predicted molar refractivity (Wildman–Crippen MR) is 120 cm³/mol. The molecule has 162 valence electrons. The maximum absolute atomic E-state index is 12.0. The fourth-order valence-electron chi connectivity index (χ4n) is 2.77. The molecule has 0 bridgehead atoms. The van der Waals surface area contributed by atoms with E-state index in [-0.39, 0.29) is 24.7 Å². The molecule has 0 aromatic heterocycles. The number of aliphatic hydroxyl groups excluding tert-OH is 1. The Balaban J connectivity index is 2.31. The number of aliphatic hydroxyl groups is 1. The van der Waals surface area contributed by atoms with Gasteiger partial charge in [-0.1, -0.05) is 58.4 Å². The van der Waals surface area contributed by atoms with E-state index in [2.05, 4.69) is 15.9 Å². The highest BCUT2D eigenvalue weighted by molar-refractivity contribution is 9.09. The number of sulfone groups is 1. The summed E-state index contributed by atoms with van der Waals surface area (Å²) in [5, 5.41) is 10.9. The van der Waals surface area contributed by atoms with Crippen molar-refractivity contribution in [1.82, 2.24) is 0 Å². The summed E-state index contributed by atoms with van der Waals surface area (Å²) in [6.07, 6.45) is 1.95. The number of benzene rings is 2. The van der Waals surface area contributed by atoms with E-state index in [4.69, 9.17) is 9.47 Å². The first-order chi connectivity index (χ1) is 14.4. The van der Waals surface area contributed by atoms with Crippen molar-refractivity contribution in [1.29, 1.82) is 0 Å². The third-order valence-electron chi connectivity index (χ3n) is 4.36. The van der Waals surface area contributed by atoms with Crippen LogP contribution < -0.4 is 0 Å². The zero-order valence-electron chi connectivity index (χ0n) is 16.7. The van der Waals surface area contributed by atoms with Gasteiger partial charge in [-0.2, -0.15) is 0 Å². The Bertz CT molecular complexity index is 953. The Labute approximate surface area is 185 Å². The Morgan fingerprint density at radius 3 is 2.13 bits per heavy atom. The van der Waals surface area contributed by atoms with E-state index in [1.54, 1.807) is 12.1 Å². The Hall–Kier alpha value is -2.16.